The van der Waals surface area contributed by atoms with E-state index in [2.05, 4.69) is 15.1 Å². The minimum atomic E-state index is -0.625. The molecule has 0 saturated heterocycles. The van der Waals surface area contributed by atoms with Crippen molar-refractivity contribution in [2.24, 2.45) is 0 Å². The van der Waals surface area contributed by atoms with Crippen LogP contribution in [0.2, 0.25) is 0 Å². The van der Waals surface area contributed by atoms with E-state index in [1.165, 1.54) is 11.7 Å². The molecular formula is C19H17N5O4. The maximum atomic E-state index is 12.2. The monoisotopic (exact) mass is 379 g/mol. The van der Waals surface area contributed by atoms with Crippen LogP contribution in [0.15, 0.2) is 51.8 Å². The molecule has 0 amide bonds. The van der Waals surface area contributed by atoms with Crippen LogP contribution in [0.25, 0.3) is 22.3 Å². The topological polar surface area (TPSA) is 118 Å². The number of benzene rings is 2. The van der Waals surface area contributed by atoms with Crippen molar-refractivity contribution < 1.29 is 14.0 Å². The number of hydrogen-bond donors (Lipinski definition) is 1. The molecule has 4 rings (SSSR count). The Morgan fingerprint density at radius 1 is 1.07 bits per heavy atom. The average Bonchev–Trinajstić information content (AvgIpc) is 3.07. The second kappa shape index (κ2) is 7.03. The summed E-state index contributed by atoms with van der Waals surface area (Å²) in [5.41, 5.74) is 7.35. The highest BCUT2D eigenvalue weighted by Crippen LogP contribution is 2.31. The lowest BCUT2D eigenvalue weighted by atomic mass is 10.2. The van der Waals surface area contributed by atoms with E-state index >= 15 is 0 Å². The standard InChI is InChI=1S/C19H17N5O4/c1-26-14-8-7-11(9-15(14)27-2)18-23-28-19(25)24(18)10-16-21-13-6-4-3-5-12(13)17(20)22-16/h3-9H,10H2,1-2H3,(H2,20,21,22). The van der Waals surface area contributed by atoms with Gasteiger partial charge in [-0.05, 0) is 30.3 Å². The van der Waals surface area contributed by atoms with Crippen LogP contribution in [0, 0.1) is 0 Å². The number of nitrogens with zero attached hydrogens (tertiary/aromatic N) is 4. The minimum Gasteiger partial charge on any atom is -0.493 e. The van der Waals surface area contributed by atoms with Crippen LogP contribution in [-0.2, 0) is 6.54 Å². The molecule has 0 bridgehead atoms. The van der Waals surface area contributed by atoms with Crippen molar-refractivity contribution in [3.05, 3.63) is 58.8 Å². The van der Waals surface area contributed by atoms with Gasteiger partial charge in [0.1, 0.15) is 5.82 Å². The molecule has 0 fully saturated rings. The third-order valence-corrected chi connectivity index (χ3v) is 4.31. The number of nitrogen functional groups attached to an aromatic ring is 1. The molecule has 9 nitrogen and oxygen atoms in total. The van der Waals surface area contributed by atoms with Gasteiger partial charge in [-0.2, -0.15) is 0 Å². The average molecular weight is 379 g/mol. The highest BCUT2D eigenvalue weighted by molar-refractivity contribution is 5.87. The van der Waals surface area contributed by atoms with Gasteiger partial charge in [-0.15, -0.1) is 0 Å². The number of aromatic nitrogens is 4. The van der Waals surface area contributed by atoms with Crippen LogP contribution in [0.1, 0.15) is 5.82 Å². The summed E-state index contributed by atoms with van der Waals surface area (Å²) in [5.74, 6) is 1.49. The summed E-state index contributed by atoms with van der Waals surface area (Å²) in [4.78, 5) is 21.0. The maximum absolute atomic E-state index is 12.2. The zero-order chi connectivity index (χ0) is 19.7. The number of methoxy groups -OCH3 is 2. The van der Waals surface area contributed by atoms with Gasteiger partial charge in [0, 0.05) is 10.9 Å². The summed E-state index contributed by atoms with van der Waals surface area (Å²) in [7, 11) is 3.08. The second-order valence-corrected chi connectivity index (χ2v) is 5.97. The van der Waals surface area contributed by atoms with Crippen molar-refractivity contribution in [1.29, 1.82) is 0 Å². The quantitative estimate of drug-likeness (QED) is 0.560. The Bertz CT molecular complexity index is 1210. The Hall–Kier alpha value is -3.88. The molecule has 2 N–H and O–H groups in total. The Morgan fingerprint density at radius 2 is 1.86 bits per heavy atom. The molecule has 0 atom stereocenters. The summed E-state index contributed by atoms with van der Waals surface area (Å²) in [6.45, 7) is 0.0566. The second-order valence-electron chi connectivity index (χ2n) is 5.97. The Kier molecular flexibility index (Phi) is 4.40. The zero-order valence-electron chi connectivity index (χ0n) is 15.2. The smallest absolute Gasteiger partial charge is 0.442 e. The lowest BCUT2D eigenvalue weighted by molar-refractivity contribution is 0.355. The minimum absolute atomic E-state index is 0.0566. The number of nitrogens with two attached hydrogens (primary N) is 1. The Balaban J connectivity index is 1.77. The molecule has 2 aromatic heterocycles. The van der Waals surface area contributed by atoms with Gasteiger partial charge in [0.25, 0.3) is 0 Å². The lowest BCUT2D eigenvalue weighted by Crippen LogP contribution is -2.18. The van der Waals surface area contributed by atoms with Crippen LogP contribution in [0.5, 0.6) is 11.5 Å². The van der Waals surface area contributed by atoms with Crippen molar-refractivity contribution in [2.45, 2.75) is 6.54 Å². The largest absolute Gasteiger partial charge is 0.493 e. The number of ether oxygens (including phenoxy) is 2. The summed E-state index contributed by atoms with van der Waals surface area (Å²) in [5, 5.41) is 4.64. The predicted molar refractivity (Wildman–Crippen MR) is 102 cm³/mol. The van der Waals surface area contributed by atoms with Crippen LogP contribution in [0.3, 0.4) is 0 Å². The fraction of sp³-hybridized carbons (Fsp3) is 0.158. The van der Waals surface area contributed by atoms with Gasteiger partial charge in [0.2, 0.25) is 0 Å². The molecule has 0 aliphatic heterocycles. The van der Waals surface area contributed by atoms with E-state index in [-0.39, 0.29) is 6.54 Å². The van der Waals surface area contributed by atoms with E-state index in [0.717, 1.165) is 5.39 Å². The molecule has 142 valence electrons. The van der Waals surface area contributed by atoms with E-state index in [1.807, 2.05) is 24.3 Å². The van der Waals surface area contributed by atoms with E-state index in [9.17, 15) is 4.79 Å². The van der Waals surface area contributed by atoms with E-state index in [1.54, 1.807) is 25.3 Å². The highest BCUT2D eigenvalue weighted by atomic mass is 16.5. The molecule has 0 spiro atoms. The summed E-state index contributed by atoms with van der Waals surface area (Å²) < 4.78 is 16.8. The van der Waals surface area contributed by atoms with Crippen LogP contribution in [-0.4, -0.2) is 33.9 Å². The molecule has 0 radical (unpaired) electrons. The fourth-order valence-corrected chi connectivity index (χ4v) is 2.95. The number of fused-ring (bicyclic) bond motifs is 1. The highest BCUT2D eigenvalue weighted by Gasteiger charge is 2.17. The van der Waals surface area contributed by atoms with Crippen LogP contribution >= 0.6 is 0 Å². The number of para-hydroxylation sites is 1. The molecule has 2 heterocycles. The zero-order valence-corrected chi connectivity index (χ0v) is 15.2. The number of anilines is 1. The van der Waals surface area contributed by atoms with Crippen molar-refractivity contribution in [2.75, 3.05) is 20.0 Å². The first kappa shape index (κ1) is 17.5. The van der Waals surface area contributed by atoms with Gasteiger partial charge in [-0.1, -0.05) is 17.3 Å². The molecule has 4 aromatic rings. The summed E-state index contributed by atoms with van der Waals surface area (Å²) in [6, 6.07) is 12.6. The van der Waals surface area contributed by atoms with Crippen LogP contribution in [0.4, 0.5) is 5.82 Å². The molecule has 28 heavy (non-hydrogen) atoms. The molecule has 9 heteroatoms. The van der Waals surface area contributed by atoms with Crippen LogP contribution < -0.4 is 21.0 Å². The van der Waals surface area contributed by atoms with E-state index in [4.69, 9.17) is 19.7 Å². The Labute approximate surface area is 159 Å². The third kappa shape index (κ3) is 3.02. The third-order valence-electron chi connectivity index (χ3n) is 4.31. The lowest BCUT2D eigenvalue weighted by Gasteiger charge is -2.10. The first-order valence-corrected chi connectivity index (χ1v) is 8.40. The molecule has 0 aliphatic carbocycles. The van der Waals surface area contributed by atoms with Crippen molar-refractivity contribution in [1.82, 2.24) is 19.7 Å². The fourth-order valence-electron chi connectivity index (χ4n) is 2.95. The Morgan fingerprint density at radius 3 is 2.64 bits per heavy atom. The first-order chi connectivity index (χ1) is 13.6. The molecular weight excluding hydrogens is 362 g/mol. The molecule has 0 unspecified atom stereocenters. The number of hydrogen-bond acceptors (Lipinski definition) is 8. The molecule has 0 saturated carbocycles. The van der Waals surface area contributed by atoms with Crippen molar-refractivity contribution in [3.8, 4) is 22.9 Å². The first-order valence-electron chi connectivity index (χ1n) is 8.40. The molecule has 0 aliphatic rings. The predicted octanol–water partition coefficient (Wildman–Crippen LogP) is 2.09. The van der Waals surface area contributed by atoms with E-state index in [0.29, 0.717) is 40.0 Å². The van der Waals surface area contributed by atoms with E-state index < -0.39 is 5.76 Å². The van der Waals surface area contributed by atoms with Crippen molar-refractivity contribution in [3.63, 3.8) is 0 Å². The molecule has 2 aromatic carbocycles. The SMILES string of the molecule is COc1ccc(-c2noc(=O)n2Cc2nc(N)c3ccccc3n2)cc1OC. The van der Waals surface area contributed by atoms with Gasteiger partial charge >= 0.3 is 5.76 Å². The van der Waals surface area contributed by atoms with Gasteiger partial charge in [0.05, 0.1) is 26.3 Å². The summed E-state index contributed by atoms with van der Waals surface area (Å²) >= 11 is 0. The van der Waals surface area contributed by atoms with Gasteiger partial charge in [0.15, 0.2) is 23.1 Å². The van der Waals surface area contributed by atoms with Gasteiger partial charge in [-0.25, -0.2) is 19.3 Å². The summed E-state index contributed by atoms with van der Waals surface area (Å²) in [6.07, 6.45) is 0. The number of rotatable bonds is 5. The van der Waals surface area contributed by atoms with Gasteiger partial charge in [-0.3, -0.25) is 4.52 Å². The van der Waals surface area contributed by atoms with Crippen molar-refractivity contribution >= 4 is 16.7 Å². The normalized spacial score (nSPS) is 10.9. The van der Waals surface area contributed by atoms with Gasteiger partial charge < -0.3 is 15.2 Å². The maximum Gasteiger partial charge on any atom is 0.442 e.